The van der Waals surface area contributed by atoms with E-state index in [9.17, 15) is 0 Å². The summed E-state index contributed by atoms with van der Waals surface area (Å²) in [5.74, 6) is 0.855. The van der Waals surface area contributed by atoms with Gasteiger partial charge in [0, 0.05) is 33.4 Å². The second-order valence-electron chi connectivity index (χ2n) is 4.27. The van der Waals surface area contributed by atoms with Gasteiger partial charge in [0.1, 0.15) is 0 Å². The Balaban J connectivity index is 2.14. The van der Waals surface area contributed by atoms with Crippen LogP contribution in [0.4, 0.5) is 0 Å². The molecule has 1 saturated carbocycles. The zero-order valence-electron chi connectivity index (χ0n) is 9.95. The second kappa shape index (κ2) is 6.28. The molecule has 3 nitrogen and oxygen atoms in total. The molecule has 1 atom stereocenters. The number of nitrogens with one attached hydrogen (secondary N) is 1. The van der Waals surface area contributed by atoms with Gasteiger partial charge in [-0.25, -0.2) is 0 Å². The van der Waals surface area contributed by atoms with Crippen LogP contribution in [0.3, 0.4) is 0 Å². The fourth-order valence-corrected chi connectivity index (χ4v) is 1.88. The maximum atomic E-state index is 5.32. The fourth-order valence-electron chi connectivity index (χ4n) is 1.62. The van der Waals surface area contributed by atoms with Gasteiger partial charge < -0.3 is 15.0 Å². The van der Waals surface area contributed by atoms with Crippen LogP contribution in [0.15, 0.2) is 0 Å². The SMILES string of the molecule is COCCCNC(=S)N(C)C(C)C1CC1. The van der Waals surface area contributed by atoms with Crippen molar-refractivity contribution in [1.29, 1.82) is 0 Å². The first-order valence-corrected chi connectivity index (χ1v) is 6.07. The third kappa shape index (κ3) is 4.34. The van der Waals surface area contributed by atoms with Gasteiger partial charge in [0.15, 0.2) is 5.11 Å². The molecule has 0 radical (unpaired) electrons. The predicted molar refractivity (Wildman–Crippen MR) is 67.0 cm³/mol. The minimum atomic E-state index is 0.576. The lowest BCUT2D eigenvalue weighted by Crippen LogP contribution is -2.43. The molecule has 4 heteroatoms. The van der Waals surface area contributed by atoms with E-state index in [-0.39, 0.29) is 0 Å². The number of ether oxygens (including phenoxy) is 1. The molecule has 0 bridgehead atoms. The molecule has 0 saturated heterocycles. The molecule has 1 N–H and O–H groups in total. The summed E-state index contributed by atoms with van der Waals surface area (Å²) in [6.07, 6.45) is 3.72. The lowest BCUT2D eigenvalue weighted by molar-refractivity contribution is 0.195. The van der Waals surface area contributed by atoms with Crippen molar-refractivity contribution in [3.05, 3.63) is 0 Å². The van der Waals surface area contributed by atoms with Gasteiger partial charge >= 0.3 is 0 Å². The molecule has 0 aromatic rings. The first kappa shape index (κ1) is 12.7. The van der Waals surface area contributed by atoms with Crippen LogP contribution in [0.25, 0.3) is 0 Å². The van der Waals surface area contributed by atoms with E-state index in [2.05, 4.69) is 24.2 Å². The zero-order valence-corrected chi connectivity index (χ0v) is 10.8. The number of thiocarbonyl (C=S) groups is 1. The molecule has 0 heterocycles. The lowest BCUT2D eigenvalue weighted by Gasteiger charge is -2.27. The smallest absolute Gasteiger partial charge is 0.168 e. The van der Waals surface area contributed by atoms with Gasteiger partial charge in [-0.15, -0.1) is 0 Å². The number of hydrogen-bond acceptors (Lipinski definition) is 2. The Morgan fingerprint density at radius 3 is 2.80 bits per heavy atom. The van der Waals surface area contributed by atoms with Gasteiger partial charge in [-0.05, 0) is 44.3 Å². The van der Waals surface area contributed by atoms with Crippen molar-refractivity contribution < 1.29 is 4.74 Å². The molecule has 0 aliphatic heterocycles. The number of hydrogen-bond donors (Lipinski definition) is 1. The Morgan fingerprint density at radius 1 is 1.60 bits per heavy atom. The second-order valence-corrected chi connectivity index (χ2v) is 4.65. The summed E-state index contributed by atoms with van der Waals surface area (Å²) in [5.41, 5.74) is 0. The molecular formula is C11H22N2OS. The van der Waals surface area contributed by atoms with E-state index in [0.717, 1.165) is 30.6 Å². The molecule has 15 heavy (non-hydrogen) atoms. The van der Waals surface area contributed by atoms with Crippen LogP contribution >= 0.6 is 12.2 Å². The monoisotopic (exact) mass is 230 g/mol. The first-order chi connectivity index (χ1) is 7.16. The Morgan fingerprint density at radius 2 is 2.27 bits per heavy atom. The van der Waals surface area contributed by atoms with Gasteiger partial charge in [-0.2, -0.15) is 0 Å². The van der Waals surface area contributed by atoms with Crippen LogP contribution < -0.4 is 5.32 Å². The summed E-state index contributed by atoms with van der Waals surface area (Å²) in [7, 11) is 3.80. The van der Waals surface area contributed by atoms with Gasteiger partial charge in [0.2, 0.25) is 0 Å². The van der Waals surface area contributed by atoms with E-state index in [4.69, 9.17) is 17.0 Å². The summed E-state index contributed by atoms with van der Waals surface area (Å²) in [6, 6.07) is 0.576. The highest BCUT2D eigenvalue weighted by molar-refractivity contribution is 7.80. The highest BCUT2D eigenvalue weighted by atomic mass is 32.1. The van der Waals surface area contributed by atoms with E-state index in [1.54, 1.807) is 7.11 Å². The average molecular weight is 230 g/mol. The summed E-state index contributed by atoms with van der Waals surface area (Å²) >= 11 is 5.32. The predicted octanol–water partition coefficient (Wildman–Crippen LogP) is 1.63. The van der Waals surface area contributed by atoms with Crippen molar-refractivity contribution in [2.75, 3.05) is 27.3 Å². The minimum absolute atomic E-state index is 0.576. The molecule has 88 valence electrons. The summed E-state index contributed by atoms with van der Waals surface area (Å²) in [6.45, 7) is 3.94. The van der Waals surface area contributed by atoms with E-state index in [1.165, 1.54) is 12.8 Å². The molecule has 1 unspecified atom stereocenters. The Labute approximate surface area is 98.2 Å². The number of nitrogens with zero attached hydrogens (tertiary/aromatic N) is 1. The van der Waals surface area contributed by atoms with Crippen LogP contribution in [0.1, 0.15) is 26.2 Å². The molecule has 0 spiro atoms. The van der Waals surface area contributed by atoms with Crippen molar-refractivity contribution in [3.63, 3.8) is 0 Å². The van der Waals surface area contributed by atoms with Crippen LogP contribution in [0, 0.1) is 5.92 Å². The highest BCUT2D eigenvalue weighted by Crippen LogP contribution is 2.34. The van der Waals surface area contributed by atoms with Crippen LogP contribution in [0.5, 0.6) is 0 Å². The molecule has 0 aromatic carbocycles. The van der Waals surface area contributed by atoms with Crippen molar-refractivity contribution in [3.8, 4) is 0 Å². The normalized spacial score (nSPS) is 17.3. The quantitative estimate of drug-likeness (QED) is 0.554. The van der Waals surface area contributed by atoms with Gasteiger partial charge in [-0.3, -0.25) is 0 Å². The van der Waals surface area contributed by atoms with Gasteiger partial charge in [0.25, 0.3) is 0 Å². The maximum Gasteiger partial charge on any atom is 0.168 e. The van der Waals surface area contributed by atoms with Crippen LogP contribution in [-0.2, 0) is 4.74 Å². The van der Waals surface area contributed by atoms with Crippen molar-refractivity contribution in [2.45, 2.75) is 32.2 Å². The fraction of sp³-hybridized carbons (Fsp3) is 0.909. The molecule has 1 aliphatic rings. The first-order valence-electron chi connectivity index (χ1n) is 5.66. The van der Waals surface area contributed by atoms with E-state index >= 15 is 0 Å². The molecule has 1 aliphatic carbocycles. The Bertz CT molecular complexity index is 207. The largest absolute Gasteiger partial charge is 0.385 e. The van der Waals surface area contributed by atoms with Crippen molar-refractivity contribution in [1.82, 2.24) is 10.2 Å². The van der Waals surface area contributed by atoms with E-state index in [1.807, 2.05) is 0 Å². The van der Waals surface area contributed by atoms with Gasteiger partial charge in [0.05, 0.1) is 0 Å². The number of rotatable bonds is 6. The molecular weight excluding hydrogens is 208 g/mol. The van der Waals surface area contributed by atoms with Crippen molar-refractivity contribution >= 4 is 17.3 Å². The Kier molecular flexibility index (Phi) is 5.32. The molecule has 1 rings (SSSR count). The standard InChI is InChI=1S/C11H22N2OS/c1-9(10-5-6-10)13(2)11(15)12-7-4-8-14-3/h9-10H,4-8H2,1-3H3,(H,12,15). The minimum Gasteiger partial charge on any atom is -0.385 e. The summed E-state index contributed by atoms with van der Waals surface area (Å²) < 4.78 is 4.98. The average Bonchev–Trinajstić information content (AvgIpc) is 3.05. The maximum absolute atomic E-state index is 5.32. The van der Waals surface area contributed by atoms with Crippen molar-refractivity contribution in [2.24, 2.45) is 5.92 Å². The molecule has 1 fully saturated rings. The third-order valence-electron chi connectivity index (χ3n) is 3.04. The highest BCUT2D eigenvalue weighted by Gasteiger charge is 2.31. The topological polar surface area (TPSA) is 24.5 Å². The summed E-state index contributed by atoms with van der Waals surface area (Å²) in [4.78, 5) is 2.18. The Hall–Kier alpha value is -0.350. The molecule has 0 aromatic heterocycles. The summed E-state index contributed by atoms with van der Waals surface area (Å²) in [5, 5.41) is 4.12. The number of methoxy groups -OCH3 is 1. The lowest BCUT2D eigenvalue weighted by atomic mass is 10.2. The zero-order chi connectivity index (χ0) is 11.3. The van der Waals surface area contributed by atoms with E-state index < -0.39 is 0 Å². The van der Waals surface area contributed by atoms with Gasteiger partial charge in [-0.1, -0.05) is 0 Å². The van der Waals surface area contributed by atoms with Crippen LogP contribution in [-0.4, -0.2) is 43.4 Å². The molecule has 0 amide bonds. The van der Waals surface area contributed by atoms with Crippen LogP contribution in [0.2, 0.25) is 0 Å². The van der Waals surface area contributed by atoms with E-state index in [0.29, 0.717) is 6.04 Å². The third-order valence-corrected chi connectivity index (χ3v) is 3.47.